The minimum Gasteiger partial charge on any atom is -0.383 e. The van der Waals surface area contributed by atoms with E-state index in [-0.39, 0.29) is 22.7 Å². The van der Waals surface area contributed by atoms with Crippen LogP contribution in [0.3, 0.4) is 0 Å². The normalized spacial score (nSPS) is 13.9. The van der Waals surface area contributed by atoms with E-state index < -0.39 is 0 Å². The topological polar surface area (TPSA) is 97.8 Å². The van der Waals surface area contributed by atoms with Gasteiger partial charge in [-0.15, -0.1) is 0 Å². The van der Waals surface area contributed by atoms with Gasteiger partial charge in [0, 0.05) is 17.1 Å². The van der Waals surface area contributed by atoms with Gasteiger partial charge in [-0.1, -0.05) is 41.6 Å². The summed E-state index contributed by atoms with van der Waals surface area (Å²) in [6.45, 7) is 1.88. The van der Waals surface area contributed by atoms with Crippen molar-refractivity contribution < 1.29 is 0 Å². The SMILES string of the molecule is CC(N)C(Sc1nc(N)cc(=O)[nH]1)c1ccccc1Cl. The molecule has 0 bridgehead atoms. The summed E-state index contributed by atoms with van der Waals surface area (Å²) < 4.78 is 0. The summed E-state index contributed by atoms with van der Waals surface area (Å²) in [5.41, 5.74) is 12.2. The molecule has 2 rings (SSSR count). The molecular formula is C13H15ClN4OS. The van der Waals surface area contributed by atoms with Gasteiger partial charge in [-0.25, -0.2) is 4.98 Å². The second kappa shape index (κ2) is 6.30. The zero-order valence-electron chi connectivity index (χ0n) is 10.8. The molecule has 1 aromatic heterocycles. The van der Waals surface area contributed by atoms with Crippen molar-refractivity contribution in [3.63, 3.8) is 0 Å². The average molecular weight is 311 g/mol. The van der Waals surface area contributed by atoms with Gasteiger partial charge in [0.25, 0.3) is 5.56 Å². The van der Waals surface area contributed by atoms with Gasteiger partial charge in [0.2, 0.25) is 0 Å². The second-order valence-electron chi connectivity index (χ2n) is 4.39. The minimum atomic E-state index is -0.289. The van der Waals surface area contributed by atoms with Crippen LogP contribution in [-0.4, -0.2) is 16.0 Å². The fourth-order valence-electron chi connectivity index (χ4n) is 1.79. The molecule has 0 spiro atoms. The standard InChI is InChI=1S/C13H15ClN4OS/c1-7(15)12(8-4-2-3-5-9(8)14)20-13-17-10(16)6-11(19)18-13/h2-7,12H,15H2,1H3,(H3,16,17,18,19). The first kappa shape index (κ1) is 14.9. The molecule has 0 aliphatic rings. The number of hydrogen-bond donors (Lipinski definition) is 3. The van der Waals surface area contributed by atoms with Crippen LogP contribution in [0.1, 0.15) is 17.7 Å². The third kappa shape index (κ3) is 3.53. The second-order valence-corrected chi connectivity index (χ2v) is 5.93. The number of rotatable bonds is 4. The lowest BCUT2D eigenvalue weighted by atomic mass is 10.1. The first-order valence-electron chi connectivity index (χ1n) is 6.01. The molecule has 2 unspecified atom stereocenters. The lowest BCUT2D eigenvalue weighted by Crippen LogP contribution is -2.23. The molecule has 0 amide bonds. The van der Waals surface area contributed by atoms with Gasteiger partial charge < -0.3 is 16.5 Å². The summed E-state index contributed by atoms with van der Waals surface area (Å²) in [5, 5.41) is 0.930. The van der Waals surface area contributed by atoms with E-state index >= 15 is 0 Å². The van der Waals surface area contributed by atoms with Crippen LogP contribution in [0.5, 0.6) is 0 Å². The monoisotopic (exact) mass is 310 g/mol. The Morgan fingerprint density at radius 3 is 2.70 bits per heavy atom. The molecule has 5 nitrogen and oxygen atoms in total. The Balaban J connectivity index is 2.35. The molecule has 0 fully saturated rings. The van der Waals surface area contributed by atoms with Gasteiger partial charge in [-0.05, 0) is 18.6 Å². The Labute approximate surface area is 125 Å². The molecule has 0 saturated heterocycles. The van der Waals surface area contributed by atoms with Crippen LogP contribution in [-0.2, 0) is 0 Å². The first-order chi connectivity index (χ1) is 9.47. The third-order valence-electron chi connectivity index (χ3n) is 2.67. The molecule has 0 radical (unpaired) electrons. The van der Waals surface area contributed by atoms with Crippen LogP contribution in [0, 0.1) is 0 Å². The Hall–Kier alpha value is -1.50. The summed E-state index contributed by atoms with van der Waals surface area (Å²) in [6, 6.07) is 8.53. The number of anilines is 1. The fraction of sp³-hybridized carbons (Fsp3) is 0.231. The first-order valence-corrected chi connectivity index (χ1v) is 7.26. The molecule has 7 heteroatoms. The van der Waals surface area contributed by atoms with Crippen molar-refractivity contribution in [1.29, 1.82) is 0 Å². The van der Waals surface area contributed by atoms with Crippen molar-refractivity contribution >= 4 is 29.2 Å². The molecule has 0 aliphatic heterocycles. The van der Waals surface area contributed by atoms with Crippen molar-refractivity contribution in [3.05, 3.63) is 51.3 Å². The lowest BCUT2D eigenvalue weighted by Gasteiger charge is -2.21. The zero-order chi connectivity index (χ0) is 14.7. The number of hydrogen-bond acceptors (Lipinski definition) is 5. The van der Waals surface area contributed by atoms with E-state index in [1.807, 2.05) is 31.2 Å². The quantitative estimate of drug-likeness (QED) is 0.594. The van der Waals surface area contributed by atoms with Crippen LogP contribution in [0.2, 0.25) is 5.02 Å². The summed E-state index contributed by atoms with van der Waals surface area (Å²) >= 11 is 7.54. The van der Waals surface area contributed by atoms with E-state index in [0.29, 0.717) is 10.2 Å². The highest BCUT2D eigenvalue weighted by atomic mass is 35.5. The highest BCUT2D eigenvalue weighted by Gasteiger charge is 2.21. The number of aromatic nitrogens is 2. The smallest absolute Gasteiger partial charge is 0.253 e. The average Bonchev–Trinajstić information content (AvgIpc) is 2.35. The number of thioether (sulfide) groups is 1. The van der Waals surface area contributed by atoms with Crippen molar-refractivity contribution in [2.75, 3.05) is 5.73 Å². The van der Waals surface area contributed by atoms with Crippen molar-refractivity contribution in [3.8, 4) is 0 Å². The van der Waals surface area contributed by atoms with Gasteiger partial charge >= 0.3 is 0 Å². The molecule has 1 aromatic carbocycles. The maximum atomic E-state index is 11.4. The maximum Gasteiger partial charge on any atom is 0.253 e. The van der Waals surface area contributed by atoms with E-state index in [2.05, 4.69) is 9.97 Å². The van der Waals surface area contributed by atoms with Crippen molar-refractivity contribution in [2.45, 2.75) is 23.4 Å². The molecule has 0 aliphatic carbocycles. The molecule has 5 N–H and O–H groups in total. The van der Waals surface area contributed by atoms with Crippen LogP contribution < -0.4 is 17.0 Å². The third-order valence-corrected chi connectivity index (χ3v) is 4.37. The molecule has 106 valence electrons. The highest BCUT2D eigenvalue weighted by Crippen LogP contribution is 2.38. The van der Waals surface area contributed by atoms with Gasteiger partial charge in [0.15, 0.2) is 5.16 Å². The van der Waals surface area contributed by atoms with E-state index in [1.165, 1.54) is 17.8 Å². The number of aromatic amines is 1. The molecule has 20 heavy (non-hydrogen) atoms. The number of H-pyrrole nitrogens is 1. The largest absolute Gasteiger partial charge is 0.383 e. The summed E-state index contributed by atoms with van der Waals surface area (Å²) in [6.07, 6.45) is 0. The number of halogens is 1. The summed E-state index contributed by atoms with van der Waals surface area (Å²) in [7, 11) is 0. The van der Waals surface area contributed by atoms with Crippen LogP contribution in [0.4, 0.5) is 5.82 Å². The van der Waals surface area contributed by atoms with Gasteiger partial charge in [-0.3, -0.25) is 4.79 Å². The molecule has 0 saturated carbocycles. The minimum absolute atomic E-state index is 0.131. The lowest BCUT2D eigenvalue weighted by molar-refractivity contribution is 0.717. The van der Waals surface area contributed by atoms with E-state index in [4.69, 9.17) is 23.1 Å². The number of nitrogens with two attached hydrogens (primary N) is 2. The van der Waals surface area contributed by atoms with E-state index in [9.17, 15) is 4.79 Å². The predicted octanol–water partition coefficient (Wildman–Crippen LogP) is 2.19. The van der Waals surface area contributed by atoms with Gasteiger partial charge in [-0.2, -0.15) is 0 Å². The molecule has 2 aromatic rings. The Morgan fingerprint density at radius 2 is 2.10 bits per heavy atom. The number of nitrogen functional groups attached to an aromatic ring is 1. The van der Waals surface area contributed by atoms with Gasteiger partial charge in [0.1, 0.15) is 5.82 Å². The predicted molar refractivity (Wildman–Crippen MR) is 83.0 cm³/mol. The summed E-state index contributed by atoms with van der Waals surface area (Å²) in [5.74, 6) is 0.179. The number of nitrogens with one attached hydrogen (secondary N) is 1. The Kier molecular flexibility index (Phi) is 4.69. The number of nitrogens with zero attached hydrogens (tertiary/aromatic N) is 1. The summed E-state index contributed by atoms with van der Waals surface area (Å²) in [4.78, 5) is 18.2. The van der Waals surface area contributed by atoms with Crippen molar-refractivity contribution in [2.24, 2.45) is 5.73 Å². The fourth-order valence-corrected chi connectivity index (χ4v) is 3.21. The van der Waals surface area contributed by atoms with Crippen LogP contribution in [0.25, 0.3) is 0 Å². The Bertz CT molecular complexity index is 659. The van der Waals surface area contributed by atoms with Crippen LogP contribution in [0.15, 0.2) is 40.3 Å². The maximum absolute atomic E-state index is 11.4. The van der Waals surface area contributed by atoms with Gasteiger partial charge in [0.05, 0.1) is 5.25 Å². The molecule has 2 atom stereocenters. The van der Waals surface area contributed by atoms with E-state index in [1.54, 1.807) is 0 Å². The zero-order valence-corrected chi connectivity index (χ0v) is 12.4. The highest BCUT2D eigenvalue weighted by molar-refractivity contribution is 7.99. The number of benzene rings is 1. The molecule has 1 heterocycles. The van der Waals surface area contributed by atoms with Crippen molar-refractivity contribution in [1.82, 2.24) is 9.97 Å². The van der Waals surface area contributed by atoms with Crippen LogP contribution >= 0.6 is 23.4 Å². The van der Waals surface area contributed by atoms with E-state index in [0.717, 1.165) is 5.56 Å². The Morgan fingerprint density at radius 1 is 1.40 bits per heavy atom. The molecular weight excluding hydrogens is 296 g/mol.